The number of aliphatic carboxylic acids is 1. The Hall–Kier alpha value is -1.26. The number of amides is 2. The topological polar surface area (TPSA) is 69.6 Å². The van der Waals surface area contributed by atoms with Gasteiger partial charge in [0.15, 0.2) is 0 Å². The average Bonchev–Trinajstić information content (AvgIpc) is 2.22. The van der Waals surface area contributed by atoms with E-state index in [1.54, 1.807) is 32.7 Å². The van der Waals surface area contributed by atoms with Gasteiger partial charge in [0.1, 0.15) is 6.04 Å². The van der Waals surface area contributed by atoms with Crippen LogP contribution in [0.15, 0.2) is 0 Å². The van der Waals surface area contributed by atoms with Gasteiger partial charge in [0, 0.05) is 13.1 Å². The Kier molecular flexibility index (Phi) is 6.15. The molecule has 0 fully saturated rings. The van der Waals surface area contributed by atoms with Crippen molar-refractivity contribution in [2.24, 2.45) is 5.41 Å². The van der Waals surface area contributed by atoms with E-state index in [0.717, 1.165) is 12.8 Å². The number of rotatable bonds is 5. The second kappa shape index (κ2) is 6.61. The highest BCUT2D eigenvalue weighted by Crippen LogP contribution is 2.19. The van der Waals surface area contributed by atoms with Gasteiger partial charge < -0.3 is 15.3 Å². The maximum atomic E-state index is 12.0. The van der Waals surface area contributed by atoms with Gasteiger partial charge in [-0.3, -0.25) is 0 Å². The number of carbonyl (C=O) groups excluding carboxylic acids is 1. The lowest BCUT2D eigenvalue weighted by Crippen LogP contribution is -2.54. The molecule has 0 rings (SSSR count). The molecule has 2 atom stereocenters. The quantitative estimate of drug-likeness (QED) is 0.795. The molecule has 2 N–H and O–H groups in total. The summed E-state index contributed by atoms with van der Waals surface area (Å²) in [6.45, 7) is 9.39. The Morgan fingerprint density at radius 3 is 2.17 bits per heavy atom. The van der Waals surface area contributed by atoms with E-state index in [2.05, 4.69) is 12.2 Å². The zero-order chi connectivity index (χ0) is 14.5. The van der Waals surface area contributed by atoms with Crippen molar-refractivity contribution in [2.75, 3.05) is 7.05 Å². The second-order valence-electron chi connectivity index (χ2n) is 5.84. The molecular formula is C13H26N2O3. The predicted octanol–water partition coefficient (Wildman–Crippen LogP) is 2.32. The Balaban J connectivity index is 4.66. The summed E-state index contributed by atoms with van der Waals surface area (Å²) in [7, 11) is 1.69. The molecule has 5 nitrogen and oxygen atoms in total. The van der Waals surface area contributed by atoms with Crippen LogP contribution in [0, 0.1) is 5.41 Å². The van der Waals surface area contributed by atoms with Crippen molar-refractivity contribution in [3.8, 4) is 0 Å². The molecule has 0 aliphatic carbocycles. The van der Waals surface area contributed by atoms with Crippen molar-refractivity contribution in [1.82, 2.24) is 10.2 Å². The van der Waals surface area contributed by atoms with Crippen molar-refractivity contribution in [3.05, 3.63) is 0 Å². The van der Waals surface area contributed by atoms with Gasteiger partial charge in [0.2, 0.25) is 0 Å². The molecule has 0 bridgehead atoms. The predicted molar refractivity (Wildman–Crippen MR) is 71.5 cm³/mol. The minimum absolute atomic E-state index is 0.101. The lowest BCUT2D eigenvalue weighted by atomic mass is 9.87. The first-order valence-corrected chi connectivity index (χ1v) is 6.37. The van der Waals surface area contributed by atoms with Crippen LogP contribution in [0.3, 0.4) is 0 Å². The minimum Gasteiger partial charge on any atom is -0.480 e. The maximum Gasteiger partial charge on any atom is 0.326 e. The van der Waals surface area contributed by atoms with Gasteiger partial charge in [-0.05, 0) is 18.8 Å². The first kappa shape index (κ1) is 16.7. The number of nitrogens with zero attached hydrogens (tertiary/aromatic N) is 1. The van der Waals surface area contributed by atoms with Crippen molar-refractivity contribution in [1.29, 1.82) is 0 Å². The lowest BCUT2D eigenvalue weighted by Gasteiger charge is -2.31. The van der Waals surface area contributed by atoms with E-state index in [1.807, 2.05) is 6.92 Å². The van der Waals surface area contributed by atoms with Crippen LogP contribution >= 0.6 is 0 Å². The normalized spacial score (nSPS) is 14.8. The van der Waals surface area contributed by atoms with Crippen LogP contribution in [0.4, 0.5) is 4.79 Å². The van der Waals surface area contributed by atoms with Crippen LogP contribution in [0.5, 0.6) is 0 Å². The van der Waals surface area contributed by atoms with E-state index >= 15 is 0 Å². The van der Waals surface area contributed by atoms with E-state index in [0.29, 0.717) is 0 Å². The van der Waals surface area contributed by atoms with E-state index in [-0.39, 0.29) is 12.1 Å². The standard InChI is InChI=1S/C13H26N2O3/c1-7-8-9(2)15(6)12(18)14-10(11(16)17)13(3,4)5/h9-10H,7-8H2,1-6H3,(H,14,18)(H,16,17)/t9?,10-/m0/s1. The summed E-state index contributed by atoms with van der Waals surface area (Å²) < 4.78 is 0. The summed E-state index contributed by atoms with van der Waals surface area (Å²) in [6.07, 6.45) is 1.89. The fourth-order valence-corrected chi connectivity index (χ4v) is 1.69. The molecular weight excluding hydrogens is 232 g/mol. The lowest BCUT2D eigenvalue weighted by molar-refractivity contribution is -0.142. The molecule has 0 aromatic rings. The molecule has 1 unspecified atom stereocenters. The largest absolute Gasteiger partial charge is 0.480 e. The number of hydrogen-bond donors (Lipinski definition) is 2. The molecule has 18 heavy (non-hydrogen) atoms. The van der Waals surface area contributed by atoms with Gasteiger partial charge in [-0.1, -0.05) is 34.1 Å². The zero-order valence-electron chi connectivity index (χ0n) is 12.3. The van der Waals surface area contributed by atoms with Crippen LogP contribution in [0.2, 0.25) is 0 Å². The molecule has 0 aliphatic rings. The summed E-state index contributed by atoms with van der Waals surface area (Å²) in [5.74, 6) is -1.01. The van der Waals surface area contributed by atoms with E-state index < -0.39 is 17.4 Å². The maximum absolute atomic E-state index is 12.0. The SMILES string of the molecule is CCCC(C)N(C)C(=O)N[C@@H](C(=O)O)C(C)(C)C. The Morgan fingerprint density at radius 1 is 1.33 bits per heavy atom. The highest BCUT2D eigenvalue weighted by atomic mass is 16.4. The summed E-state index contributed by atoms with van der Waals surface area (Å²) in [4.78, 5) is 24.7. The van der Waals surface area contributed by atoms with Crippen LogP contribution in [0.1, 0.15) is 47.5 Å². The van der Waals surface area contributed by atoms with E-state index in [1.165, 1.54) is 0 Å². The summed E-state index contributed by atoms with van der Waals surface area (Å²) in [5, 5.41) is 11.7. The van der Waals surface area contributed by atoms with Crippen molar-refractivity contribution < 1.29 is 14.7 Å². The number of urea groups is 1. The van der Waals surface area contributed by atoms with Crippen LogP contribution in [0.25, 0.3) is 0 Å². The Bertz CT molecular complexity index is 297. The van der Waals surface area contributed by atoms with Gasteiger partial charge in [-0.2, -0.15) is 0 Å². The van der Waals surface area contributed by atoms with Crippen LogP contribution < -0.4 is 5.32 Å². The molecule has 0 aromatic heterocycles. The molecule has 0 aromatic carbocycles. The highest BCUT2D eigenvalue weighted by Gasteiger charge is 2.33. The smallest absolute Gasteiger partial charge is 0.326 e. The van der Waals surface area contributed by atoms with Gasteiger partial charge >= 0.3 is 12.0 Å². The first-order valence-electron chi connectivity index (χ1n) is 6.37. The van der Waals surface area contributed by atoms with Crippen molar-refractivity contribution in [2.45, 2.75) is 59.5 Å². The van der Waals surface area contributed by atoms with Gasteiger partial charge in [-0.25, -0.2) is 9.59 Å². The summed E-state index contributed by atoms with van der Waals surface area (Å²) in [5.41, 5.74) is -0.518. The fourth-order valence-electron chi connectivity index (χ4n) is 1.69. The molecule has 0 radical (unpaired) electrons. The second-order valence-corrected chi connectivity index (χ2v) is 5.84. The van der Waals surface area contributed by atoms with Gasteiger partial charge in [0.25, 0.3) is 0 Å². The molecule has 0 heterocycles. The third-order valence-corrected chi connectivity index (χ3v) is 3.07. The van der Waals surface area contributed by atoms with Gasteiger partial charge in [0.05, 0.1) is 0 Å². The number of hydrogen-bond acceptors (Lipinski definition) is 2. The van der Waals surface area contributed by atoms with E-state index in [9.17, 15) is 9.59 Å². The summed E-state index contributed by atoms with van der Waals surface area (Å²) in [6, 6.07) is -1.12. The van der Waals surface area contributed by atoms with E-state index in [4.69, 9.17) is 5.11 Å². The molecule has 5 heteroatoms. The molecule has 0 saturated heterocycles. The fraction of sp³-hybridized carbons (Fsp3) is 0.846. The number of nitrogens with one attached hydrogen (secondary N) is 1. The minimum atomic E-state index is -1.01. The van der Waals surface area contributed by atoms with Crippen LogP contribution in [-0.2, 0) is 4.79 Å². The monoisotopic (exact) mass is 258 g/mol. The van der Waals surface area contributed by atoms with Crippen molar-refractivity contribution >= 4 is 12.0 Å². The third-order valence-electron chi connectivity index (χ3n) is 3.07. The molecule has 106 valence electrons. The molecule has 2 amide bonds. The molecule has 0 saturated carbocycles. The number of carbonyl (C=O) groups is 2. The zero-order valence-corrected chi connectivity index (χ0v) is 12.3. The average molecular weight is 258 g/mol. The number of carboxylic acid groups (broad SMARTS) is 1. The molecule has 0 aliphatic heterocycles. The Labute approximate surface area is 110 Å². The summed E-state index contributed by atoms with van der Waals surface area (Å²) >= 11 is 0. The van der Waals surface area contributed by atoms with Crippen molar-refractivity contribution in [3.63, 3.8) is 0 Å². The van der Waals surface area contributed by atoms with Gasteiger partial charge in [-0.15, -0.1) is 0 Å². The highest BCUT2D eigenvalue weighted by molar-refractivity contribution is 5.83. The molecule has 0 spiro atoms. The number of carboxylic acids is 1. The first-order chi connectivity index (χ1) is 8.11. The van der Waals surface area contributed by atoms with Crippen LogP contribution in [-0.4, -0.2) is 41.1 Å². The Morgan fingerprint density at radius 2 is 1.83 bits per heavy atom. The third kappa shape index (κ3) is 4.94.